The normalized spacial score (nSPS) is 10.5. The lowest BCUT2D eigenvalue weighted by atomic mass is 10.3. The van der Waals surface area contributed by atoms with Crippen molar-refractivity contribution in [3.63, 3.8) is 0 Å². The van der Waals surface area contributed by atoms with Gasteiger partial charge in [-0.25, -0.2) is 4.98 Å². The predicted octanol–water partition coefficient (Wildman–Crippen LogP) is 1.57. The fraction of sp³-hybridized carbons (Fsp3) is 0.643. The number of carbonyl (C=O) groups excluding carboxylic acids is 1. The summed E-state index contributed by atoms with van der Waals surface area (Å²) >= 11 is 0. The molecule has 112 valence electrons. The molecular weight excluding hydrogens is 254 g/mol. The van der Waals surface area contributed by atoms with Gasteiger partial charge in [0.1, 0.15) is 5.82 Å². The number of aryl methyl sites for hydroxylation is 1. The van der Waals surface area contributed by atoms with Crippen LogP contribution in [0.4, 0.5) is 11.8 Å². The molecule has 0 radical (unpaired) electrons. The van der Waals surface area contributed by atoms with Gasteiger partial charge in [-0.3, -0.25) is 4.79 Å². The number of hydrogen-bond acceptors (Lipinski definition) is 5. The van der Waals surface area contributed by atoms with Crippen LogP contribution < -0.4 is 15.5 Å². The molecule has 1 aromatic rings. The number of carbonyl (C=O) groups is 1. The molecule has 1 heterocycles. The van der Waals surface area contributed by atoms with E-state index in [2.05, 4.69) is 20.6 Å². The van der Waals surface area contributed by atoms with Crippen LogP contribution in [0.5, 0.6) is 0 Å². The Balaban J connectivity index is 2.85. The molecule has 2 N–H and O–H groups in total. The lowest BCUT2D eigenvalue weighted by molar-refractivity contribution is -0.120. The van der Waals surface area contributed by atoms with Crippen molar-refractivity contribution in [3.8, 4) is 0 Å². The Morgan fingerprint density at radius 1 is 1.35 bits per heavy atom. The van der Waals surface area contributed by atoms with E-state index in [0.29, 0.717) is 19.0 Å². The second-order valence-electron chi connectivity index (χ2n) is 4.96. The van der Waals surface area contributed by atoms with Gasteiger partial charge in [0.05, 0.1) is 6.54 Å². The summed E-state index contributed by atoms with van der Waals surface area (Å²) in [5.74, 6) is 1.38. The highest BCUT2D eigenvalue weighted by Crippen LogP contribution is 2.14. The first-order valence-corrected chi connectivity index (χ1v) is 7.10. The van der Waals surface area contributed by atoms with Crippen molar-refractivity contribution in [1.82, 2.24) is 15.3 Å². The summed E-state index contributed by atoms with van der Waals surface area (Å²) in [6.07, 6.45) is 0. The van der Waals surface area contributed by atoms with E-state index in [1.807, 2.05) is 45.6 Å². The highest BCUT2D eigenvalue weighted by Gasteiger charge is 2.13. The first kappa shape index (κ1) is 16.2. The monoisotopic (exact) mass is 279 g/mol. The van der Waals surface area contributed by atoms with Crippen LogP contribution in [0.25, 0.3) is 0 Å². The molecule has 0 aliphatic heterocycles. The zero-order chi connectivity index (χ0) is 15.1. The van der Waals surface area contributed by atoms with Crippen molar-refractivity contribution in [2.24, 2.45) is 0 Å². The van der Waals surface area contributed by atoms with Crippen molar-refractivity contribution < 1.29 is 4.79 Å². The molecular formula is C14H25N5O. The lowest BCUT2D eigenvalue weighted by Gasteiger charge is -2.22. The van der Waals surface area contributed by atoms with Crippen molar-refractivity contribution in [2.45, 2.75) is 40.7 Å². The van der Waals surface area contributed by atoms with Gasteiger partial charge in [-0.1, -0.05) is 0 Å². The van der Waals surface area contributed by atoms with E-state index in [1.54, 1.807) is 0 Å². The van der Waals surface area contributed by atoms with Crippen LogP contribution in [0.15, 0.2) is 6.07 Å². The molecule has 6 heteroatoms. The van der Waals surface area contributed by atoms with Crippen LogP contribution in [0.3, 0.4) is 0 Å². The molecule has 0 aromatic carbocycles. The van der Waals surface area contributed by atoms with Crippen molar-refractivity contribution in [1.29, 1.82) is 0 Å². The van der Waals surface area contributed by atoms with Gasteiger partial charge >= 0.3 is 0 Å². The average molecular weight is 279 g/mol. The van der Waals surface area contributed by atoms with E-state index in [1.165, 1.54) is 0 Å². The summed E-state index contributed by atoms with van der Waals surface area (Å²) in [5, 5.41) is 6.00. The van der Waals surface area contributed by atoms with E-state index >= 15 is 0 Å². The molecule has 0 aliphatic rings. The molecule has 20 heavy (non-hydrogen) atoms. The molecule has 6 nitrogen and oxygen atoms in total. The summed E-state index contributed by atoms with van der Waals surface area (Å²) < 4.78 is 0. The maximum absolute atomic E-state index is 11.9. The quantitative estimate of drug-likeness (QED) is 0.793. The Kier molecular flexibility index (Phi) is 6.21. The molecule has 0 aliphatic carbocycles. The van der Waals surface area contributed by atoms with E-state index in [4.69, 9.17) is 0 Å². The third-order valence-corrected chi connectivity index (χ3v) is 2.67. The first-order chi connectivity index (χ1) is 9.46. The molecule has 0 fully saturated rings. The summed E-state index contributed by atoms with van der Waals surface area (Å²) in [5.41, 5.74) is 0.883. The Morgan fingerprint density at radius 3 is 2.60 bits per heavy atom. The Bertz CT molecular complexity index is 447. The van der Waals surface area contributed by atoms with Crippen LogP contribution in [0, 0.1) is 6.92 Å². The van der Waals surface area contributed by atoms with E-state index in [0.717, 1.165) is 18.1 Å². The molecule has 1 amide bonds. The standard InChI is InChI=1S/C14H25N5O/c1-6-15-14-17-11(5)8-12(18-14)19(7-2)9-13(20)16-10(3)4/h8,10H,6-7,9H2,1-5H3,(H,16,20)(H,15,17,18). The van der Waals surface area contributed by atoms with E-state index in [9.17, 15) is 4.79 Å². The highest BCUT2D eigenvalue weighted by atomic mass is 16.2. The molecule has 0 saturated heterocycles. The maximum Gasteiger partial charge on any atom is 0.239 e. The second kappa shape index (κ2) is 7.67. The molecule has 0 atom stereocenters. The smallest absolute Gasteiger partial charge is 0.239 e. The fourth-order valence-corrected chi connectivity index (χ4v) is 1.85. The summed E-state index contributed by atoms with van der Waals surface area (Å²) in [7, 11) is 0. The van der Waals surface area contributed by atoms with Gasteiger partial charge in [0, 0.05) is 30.9 Å². The van der Waals surface area contributed by atoms with E-state index in [-0.39, 0.29) is 11.9 Å². The molecule has 1 rings (SSSR count). The minimum atomic E-state index is 0.00289. The summed E-state index contributed by atoms with van der Waals surface area (Å²) in [4.78, 5) is 22.6. The molecule has 0 spiro atoms. The second-order valence-corrected chi connectivity index (χ2v) is 4.96. The van der Waals surface area contributed by atoms with E-state index < -0.39 is 0 Å². The number of nitrogens with zero attached hydrogens (tertiary/aromatic N) is 3. The third kappa shape index (κ3) is 5.03. The average Bonchev–Trinajstić information content (AvgIpc) is 2.34. The number of likely N-dealkylation sites (N-methyl/N-ethyl adjacent to an activating group) is 1. The van der Waals surface area contributed by atoms with Crippen LogP contribution in [0.2, 0.25) is 0 Å². The first-order valence-electron chi connectivity index (χ1n) is 7.10. The molecule has 0 unspecified atom stereocenters. The van der Waals surface area contributed by atoms with Gasteiger partial charge in [0.25, 0.3) is 0 Å². The fourth-order valence-electron chi connectivity index (χ4n) is 1.85. The lowest BCUT2D eigenvalue weighted by Crippen LogP contribution is -2.40. The van der Waals surface area contributed by atoms with Gasteiger partial charge in [-0.05, 0) is 34.6 Å². The summed E-state index contributed by atoms with van der Waals surface area (Å²) in [6.45, 7) is 11.6. The molecule has 1 aromatic heterocycles. The third-order valence-electron chi connectivity index (χ3n) is 2.67. The number of rotatable bonds is 7. The van der Waals surface area contributed by atoms with Crippen LogP contribution in [0.1, 0.15) is 33.4 Å². The number of anilines is 2. The minimum Gasteiger partial charge on any atom is -0.354 e. The van der Waals surface area contributed by atoms with Crippen molar-refractivity contribution in [2.75, 3.05) is 29.9 Å². The Morgan fingerprint density at radius 2 is 2.05 bits per heavy atom. The summed E-state index contributed by atoms with van der Waals surface area (Å²) in [6, 6.07) is 2.04. The molecule has 0 bridgehead atoms. The molecule has 0 saturated carbocycles. The van der Waals surface area contributed by atoms with Crippen molar-refractivity contribution in [3.05, 3.63) is 11.8 Å². The van der Waals surface area contributed by atoms with Gasteiger partial charge < -0.3 is 15.5 Å². The zero-order valence-corrected chi connectivity index (χ0v) is 13.0. The predicted molar refractivity (Wildman–Crippen MR) is 82.1 cm³/mol. The SMILES string of the molecule is CCNc1nc(C)cc(N(CC)CC(=O)NC(C)C)n1. The Labute approximate surface area is 121 Å². The number of nitrogens with one attached hydrogen (secondary N) is 2. The van der Waals surface area contributed by atoms with Gasteiger partial charge in [-0.2, -0.15) is 4.98 Å². The largest absolute Gasteiger partial charge is 0.354 e. The Hall–Kier alpha value is -1.85. The number of amides is 1. The van der Waals surface area contributed by atoms with Gasteiger partial charge in [0.2, 0.25) is 11.9 Å². The topological polar surface area (TPSA) is 70.2 Å². The number of hydrogen-bond donors (Lipinski definition) is 2. The van der Waals surface area contributed by atoms with Gasteiger partial charge in [0.15, 0.2) is 0 Å². The van der Waals surface area contributed by atoms with Crippen LogP contribution in [-0.4, -0.2) is 41.6 Å². The minimum absolute atomic E-state index is 0.00289. The van der Waals surface area contributed by atoms with Crippen LogP contribution >= 0.6 is 0 Å². The zero-order valence-electron chi connectivity index (χ0n) is 13.0. The van der Waals surface area contributed by atoms with Crippen molar-refractivity contribution >= 4 is 17.7 Å². The maximum atomic E-state index is 11.9. The number of aromatic nitrogens is 2. The highest BCUT2D eigenvalue weighted by molar-refractivity contribution is 5.81. The van der Waals surface area contributed by atoms with Crippen LogP contribution in [-0.2, 0) is 4.79 Å². The van der Waals surface area contributed by atoms with Gasteiger partial charge in [-0.15, -0.1) is 0 Å².